The summed E-state index contributed by atoms with van der Waals surface area (Å²) >= 11 is 0. The number of benzene rings is 1. The number of ether oxygens (including phenoxy) is 2. The lowest BCUT2D eigenvalue weighted by molar-refractivity contribution is 0.0918. The molecule has 0 aliphatic rings. The minimum absolute atomic E-state index is 0.0942. The van der Waals surface area contributed by atoms with Crippen LogP contribution >= 0.6 is 0 Å². The fourth-order valence-electron chi connectivity index (χ4n) is 1.80. The molecule has 1 atom stereocenters. The van der Waals surface area contributed by atoms with E-state index in [1.807, 2.05) is 13.0 Å². The second kappa shape index (κ2) is 8.12. The van der Waals surface area contributed by atoms with Crippen LogP contribution in [-0.2, 0) is 11.3 Å². The summed E-state index contributed by atoms with van der Waals surface area (Å²) in [6.45, 7) is 8.21. The highest BCUT2D eigenvalue weighted by Gasteiger charge is 2.07. The number of halogens is 1. The zero-order valence-corrected chi connectivity index (χ0v) is 12.2. The summed E-state index contributed by atoms with van der Waals surface area (Å²) in [5.74, 6) is 0.848. The monoisotopic (exact) mass is 269 g/mol. The first kappa shape index (κ1) is 15.9. The molecule has 0 saturated heterocycles. The van der Waals surface area contributed by atoms with Crippen molar-refractivity contribution in [1.29, 1.82) is 0 Å². The van der Waals surface area contributed by atoms with Crippen molar-refractivity contribution < 1.29 is 13.9 Å². The van der Waals surface area contributed by atoms with Crippen LogP contribution in [0.4, 0.5) is 4.39 Å². The fraction of sp³-hybridized carbons (Fsp3) is 0.600. The number of rotatable bonds is 8. The summed E-state index contributed by atoms with van der Waals surface area (Å²) in [5, 5.41) is 3.29. The first-order valence-corrected chi connectivity index (χ1v) is 6.67. The van der Waals surface area contributed by atoms with Gasteiger partial charge in [0.25, 0.3) is 0 Å². The Morgan fingerprint density at radius 2 is 1.95 bits per heavy atom. The zero-order valence-electron chi connectivity index (χ0n) is 12.2. The number of hydrogen-bond donors (Lipinski definition) is 1. The molecule has 4 heteroatoms. The molecule has 1 aromatic rings. The normalized spacial score (nSPS) is 12.7. The highest BCUT2D eigenvalue weighted by Crippen LogP contribution is 2.18. The van der Waals surface area contributed by atoms with Gasteiger partial charge in [-0.15, -0.1) is 0 Å². The van der Waals surface area contributed by atoms with Crippen molar-refractivity contribution in [3.8, 4) is 5.75 Å². The van der Waals surface area contributed by atoms with Crippen molar-refractivity contribution in [2.45, 2.75) is 33.4 Å². The highest BCUT2D eigenvalue weighted by atomic mass is 19.1. The van der Waals surface area contributed by atoms with Gasteiger partial charge < -0.3 is 14.8 Å². The van der Waals surface area contributed by atoms with E-state index in [0.29, 0.717) is 24.8 Å². The molecular formula is C15H24FNO2. The van der Waals surface area contributed by atoms with Crippen molar-refractivity contribution in [2.24, 2.45) is 5.92 Å². The molecule has 1 N–H and O–H groups in total. The van der Waals surface area contributed by atoms with E-state index >= 15 is 0 Å². The van der Waals surface area contributed by atoms with Gasteiger partial charge in [-0.3, -0.25) is 0 Å². The second-order valence-electron chi connectivity index (χ2n) is 5.20. The van der Waals surface area contributed by atoms with E-state index in [-0.39, 0.29) is 11.9 Å². The minimum Gasteiger partial charge on any atom is -0.488 e. The average Bonchev–Trinajstić information content (AvgIpc) is 2.27. The molecule has 0 aliphatic carbocycles. The first-order chi connectivity index (χ1) is 9.01. The Morgan fingerprint density at radius 1 is 1.21 bits per heavy atom. The van der Waals surface area contributed by atoms with Gasteiger partial charge in [0.15, 0.2) is 0 Å². The van der Waals surface area contributed by atoms with E-state index in [4.69, 9.17) is 9.47 Å². The van der Waals surface area contributed by atoms with Crippen LogP contribution < -0.4 is 10.1 Å². The van der Waals surface area contributed by atoms with Crippen LogP contribution in [0.1, 0.15) is 26.3 Å². The lowest BCUT2D eigenvalue weighted by atomic mass is 10.2. The van der Waals surface area contributed by atoms with Gasteiger partial charge in [-0.2, -0.15) is 0 Å². The van der Waals surface area contributed by atoms with Gasteiger partial charge in [-0.1, -0.05) is 13.8 Å². The highest BCUT2D eigenvalue weighted by molar-refractivity contribution is 5.29. The predicted octanol–water partition coefficient (Wildman–Crippen LogP) is 2.99. The average molecular weight is 269 g/mol. The Hall–Kier alpha value is -1.13. The Bertz CT molecular complexity index is 382. The van der Waals surface area contributed by atoms with E-state index in [1.54, 1.807) is 7.11 Å². The van der Waals surface area contributed by atoms with Gasteiger partial charge in [0, 0.05) is 19.7 Å². The van der Waals surface area contributed by atoms with E-state index in [2.05, 4.69) is 19.2 Å². The maximum absolute atomic E-state index is 13.5. The van der Waals surface area contributed by atoms with Gasteiger partial charge >= 0.3 is 0 Å². The van der Waals surface area contributed by atoms with Crippen molar-refractivity contribution in [3.05, 3.63) is 29.6 Å². The minimum atomic E-state index is -0.275. The maximum atomic E-state index is 13.5. The Balaban J connectivity index is 2.60. The standard InChI is InChI=1S/C15H24FNO2/c1-11(2)8-17-9-13-5-14(16)7-15(6-13)19-12(3)10-18-4/h5-7,11-12,17H,8-10H2,1-4H3. The molecule has 0 saturated carbocycles. The topological polar surface area (TPSA) is 30.5 Å². The molecule has 3 nitrogen and oxygen atoms in total. The Kier molecular flexibility index (Phi) is 6.81. The fourth-order valence-corrected chi connectivity index (χ4v) is 1.80. The van der Waals surface area contributed by atoms with Gasteiger partial charge in [0.2, 0.25) is 0 Å². The summed E-state index contributed by atoms with van der Waals surface area (Å²) in [6.07, 6.45) is -0.0942. The Labute approximate surface area is 115 Å². The van der Waals surface area contributed by atoms with Crippen LogP contribution in [0.3, 0.4) is 0 Å². The summed E-state index contributed by atoms with van der Waals surface area (Å²) in [7, 11) is 1.62. The zero-order chi connectivity index (χ0) is 14.3. The van der Waals surface area contributed by atoms with Crippen molar-refractivity contribution in [2.75, 3.05) is 20.3 Å². The molecule has 0 bridgehead atoms. The van der Waals surface area contributed by atoms with Crippen molar-refractivity contribution in [3.63, 3.8) is 0 Å². The molecule has 1 unspecified atom stereocenters. The third kappa shape index (κ3) is 6.55. The molecule has 0 fully saturated rings. The van der Waals surface area contributed by atoms with Gasteiger partial charge in [-0.05, 0) is 37.1 Å². The summed E-state index contributed by atoms with van der Waals surface area (Å²) < 4.78 is 24.1. The van der Waals surface area contributed by atoms with Crippen LogP contribution in [0.2, 0.25) is 0 Å². The summed E-state index contributed by atoms with van der Waals surface area (Å²) in [6, 6.07) is 4.79. The molecule has 0 spiro atoms. The SMILES string of the molecule is COCC(C)Oc1cc(F)cc(CNCC(C)C)c1. The maximum Gasteiger partial charge on any atom is 0.127 e. The van der Waals surface area contributed by atoms with Gasteiger partial charge in [-0.25, -0.2) is 4.39 Å². The molecule has 1 rings (SSSR count). The molecule has 0 heterocycles. The van der Waals surface area contributed by atoms with Crippen LogP contribution in [0, 0.1) is 11.7 Å². The molecule has 0 radical (unpaired) electrons. The molecular weight excluding hydrogens is 245 g/mol. The van der Waals surface area contributed by atoms with Crippen LogP contribution in [0.5, 0.6) is 5.75 Å². The second-order valence-corrected chi connectivity index (χ2v) is 5.20. The van der Waals surface area contributed by atoms with E-state index in [1.165, 1.54) is 12.1 Å². The van der Waals surface area contributed by atoms with Crippen molar-refractivity contribution >= 4 is 0 Å². The van der Waals surface area contributed by atoms with Crippen LogP contribution in [0.25, 0.3) is 0 Å². The Morgan fingerprint density at radius 3 is 2.58 bits per heavy atom. The third-order valence-corrected chi connectivity index (χ3v) is 2.55. The van der Waals surface area contributed by atoms with Crippen molar-refractivity contribution in [1.82, 2.24) is 5.32 Å². The number of hydrogen-bond acceptors (Lipinski definition) is 3. The smallest absolute Gasteiger partial charge is 0.127 e. The lowest BCUT2D eigenvalue weighted by Crippen LogP contribution is -2.20. The summed E-state index contributed by atoms with van der Waals surface area (Å²) in [5.41, 5.74) is 0.889. The number of nitrogens with one attached hydrogen (secondary N) is 1. The van der Waals surface area contributed by atoms with E-state index in [0.717, 1.165) is 12.1 Å². The molecule has 1 aromatic carbocycles. The molecule has 0 aromatic heterocycles. The molecule has 19 heavy (non-hydrogen) atoms. The van der Waals surface area contributed by atoms with E-state index < -0.39 is 0 Å². The largest absolute Gasteiger partial charge is 0.488 e. The van der Waals surface area contributed by atoms with E-state index in [9.17, 15) is 4.39 Å². The first-order valence-electron chi connectivity index (χ1n) is 6.67. The van der Waals surface area contributed by atoms with Crippen LogP contribution in [0.15, 0.2) is 18.2 Å². The molecule has 0 amide bonds. The quantitative estimate of drug-likeness (QED) is 0.787. The molecule has 108 valence electrons. The van der Waals surface area contributed by atoms with Gasteiger partial charge in [0.05, 0.1) is 6.61 Å². The lowest BCUT2D eigenvalue weighted by Gasteiger charge is -2.15. The van der Waals surface area contributed by atoms with Gasteiger partial charge in [0.1, 0.15) is 17.7 Å². The summed E-state index contributed by atoms with van der Waals surface area (Å²) in [4.78, 5) is 0. The third-order valence-electron chi connectivity index (χ3n) is 2.55. The molecule has 0 aliphatic heterocycles. The number of methoxy groups -OCH3 is 1. The van der Waals surface area contributed by atoms with Crippen LogP contribution in [-0.4, -0.2) is 26.4 Å². The predicted molar refractivity (Wildman–Crippen MR) is 74.9 cm³/mol.